The molecule has 0 aliphatic carbocycles. The second-order valence-corrected chi connectivity index (χ2v) is 12.0. The monoisotopic (exact) mass is 453 g/mol. The lowest BCUT2D eigenvalue weighted by atomic mass is 9.81. The van der Waals surface area contributed by atoms with E-state index in [0.717, 1.165) is 54.9 Å². The topological polar surface area (TPSA) is 86.8 Å². The maximum Gasteiger partial charge on any atom is 0.241 e. The number of hydrogen-bond donors (Lipinski definition) is 1. The van der Waals surface area contributed by atoms with Gasteiger partial charge in [-0.25, -0.2) is 12.7 Å². The first-order valence-electron chi connectivity index (χ1n) is 12.4. The Balaban J connectivity index is 1.37. The lowest BCUT2D eigenvalue weighted by molar-refractivity contribution is -0.135. The number of carbonyl (C=O) groups excluding carboxylic acids is 2. The van der Waals surface area contributed by atoms with Crippen LogP contribution >= 0.6 is 0 Å². The van der Waals surface area contributed by atoms with Crippen LogP contribution in [0.2, 0.25) is 0 Å². The molecular formula is C23H39N3O4S. The number of sulfonamides is 1. The molecule has 8 heteroatoms. The molecule has 2 bridgehead atoms. The smallest absolute Gasteiger partial charge is 0.241 e. The lowest BCUT2D eigenvalue weighted by Gasteiger charge is -2.35. The summed E-state index contributed by atoms with van der Waals surface area (Å²) >= 11 is 0. The number of rotatable bonds is 10. The highest BCUT2D eigenvalue weighted by Gasteiger charge is 2.66. The highest BCUT2D eigenvalue weighted by Crippen LogP contribution is 2.45. The summed E-state index contributed by atoms with van der Waals surface area (Å²) in [5, 5.41) is 3.31. The molecule has 7 nitrogen and oxygen atoms in total. The van der Waals surface area contributed by atoms with Crippen LogP contribution < -0.4 is 5.32 Å². The van der Waals surface area contributed by atoms with Gasteiger partial charge in [0.15, 0.2) is 5.78 Å². The zero-order chi connectivity index (χ0) is 22.2. The minimum absolute atomic E-state index is 0.0714. The number of carbonyl (C=O) groups is 2. The summed E-state index contributed by atoms with van der Waals surface area (Å²) in [4.78, 5) is 29.2. The van der Waals surface area contributed by atoms with Crippen LogP contribution in [0.5, 0.6) is 0 Å². The van der Waals surface area contributed by atoms with Gasteiger partial charge in [0.25, 0.3) is 0 Å². The molecule has 4 aliphatic heterocycles. The van der Waals surface area contributed by atoms with E-state index in [-0.39, 0.29) is 11.8 Å². The van der Waals surface area contributed by atoms with Crippen LogP contribution in [0.4, 0.5) is 0 Å². The molecule has 5 unspecified atom stereocenters. The van der Waals surface area contributed by atoms with Gasteiger partial charge in [-0.3, -0.25) is 14.5 Å². The molecule has 0 aromatic heterocycles. The molecule has 5 atom stereocenters. The number of amides is 1. The number of Topliss-reactive ketones (excluding diaryl/α,β-unsaturated/α-hetero) is 1. The number of hydrogen-bond acceptors (Lipinski definition) is 6. The van der Waals surface area contributed by atoms with Gasteiger partial charge in [-0.2, -0.15) is 0 Å². The van der Waals surface area contributed by atoms with Crippen LogP contribution in [0.3, 0.4) is 0 Å². The van der Waals surface area contributed by atoms with Crippen LogP contribution in [-0.4, -0.2) is 72.3 Å². The molecule has 31 heavy (non-hydrogen) atoms. The Morgan fingerprint density at radius 1 is 1.13 bits per heavy atom. The molecular weight excluding hydrogens is 414 g/mol. The van der Waals surface area contributed by atoms with Crippen molar-refractivity contribution in [2.45, 2.75) is 108 Å². The summed E-state index contributed by atoms with van der Waals surface area (Å²) in [6.07, 6.45) is 12.7. The molecule has 0 spiro atoms. The van der Waals surface area contributed by atoms with Crippen LogP contribution in [0, 0.1) is 5.92 Å². The normalized spacial score (nSPS) is 35.7. The highest BCUT2D eigenvalue weighted by atomic mass is 32.2. The van der Waals surface area contributed by atoms with E-state index in [2.05, 4.69) is 10.2 Å². The Morgan fingerprint density at radius 3 is 2.48 bits per heavy atom. The van der Waals surface area contributed by atoms with Gasteiger partial charge in [0.1, 0.15) is 5.54 Å². The average Bonchev–Trinajstić information content (AvgIpc) is 3.29. The van der Waals surface area contributed by atoms with E-state index in [1.165, 1.54) is 32.1 Å². The van der Waals surface area contributed by atoms with Crippen LogP contribution in [0.1, 0.15) is 84.0 Å². The van der Waals surface area contributed by atoms with Gasteiger partial charge >= 0.3 is 0 Å². The summed E-state index contributed by atoms with van der Waals surface area (Å²) in [7, 11) is -3.80. The molecule has 4 fully saturated rings. The average molecular weight is 454 g/mol. The largest absolute Gasteiger partial charge is 0.310 e. The van der Waals surface area contributed by atoms with Crippen molar-refractivity contribution in [1.82, 2.24) is 14.5 Å². The third kappa shape index (κ3) is 4.08. The summed E-state index contributed by atoms with van der Waals surface area (Å²) < 4.78 is 26.1. The van der Waals surface area contributed by atoms with Gasteiger partial charge in [0.2, 0.25) is 15.9 Å². The fourth-order valence-electron chi connectivity index (χ4n) is 6.98. The Bertz CT molecular complexity index is 785. The van der Waals surface area contributed by atoms with Crippen molar-refractivity contribution in [1.29, 1.82) is 0 Å². The highest BCUT2D eigenvalue weighted by molar-refractivity contribution is 7.89. The van der Waals surface area contributed by atoms with Crippen molar-refractivity contribution >= 4 is 21.7 Å². The van der Waals surface area contributed by atoms with Crippen LogP contribution in [0.25, 0.3) is 0 Å². The number of piperidine rings is 1. The molecule has 0 saturated carbocycles. The Kier molecular flexibility index (Phi) is 6.80. The van der Waals surface area contributed by atoms with Crippen LogP contribution in [0.15, 0.2) is 0 Å². The van der Waals surface area contributed by atoms with E-state index in [0.29, 0.717) is 25.8 Å². The molecule has 1 amide bonds. The van der Waals surface area contributed by atoms with Crippen molar-refractivity contribution in [2.75, 3.05) is 19.3 Å². The Morgan fingerprint density at radius 2 is 1.84 bits per heavy atom. The van der Waals surface area contributed by atoms with E-state index in [1.54, 1.807) is 0 Å². The fraction of sp³-hybridized carbons (Fsp3) is 0.913. The predicted molar refractivity (Wildman–Crippen MR) is 120 cm³/mol. The molecule has 1 N–H and O–H groups in total. The molecule has 0 aromatic carbocycles. The minimum Gasteiger partial charge on any atom is -0.310 e. The SMILES string of the molecule is CCCC1C(=O)N(S(C)(=O)=O)C2(C(=O)CCCCCN3C4CCCC3CC4)CCNC12. The molecule has 4 aliphatic rings. The van der Waals surface area contributed by atoms with E-state index in [9.17, 15) is 18.0 Å². The fourth-order valence-corrected chi connectivity index (χ4v) is 8.34. The minimum atomic E-state index is -3.80. The van der Waals surface area contributed by atoms with E-state index in [1.807, 2.05) is 6.92 Å². The van der Waals surface area contributed by atoms with Crippen molar-refractivity contribution in [3.05, 3.63) is 0 Å². The summed E-state index contributed by atoms with van der Waals surface area (Å²) in [5.74, 6) is -0.894. The molecule has 4 rings (SSSR count). The first-order valence-corrected chi connectivity index (χ1v) is 14.2. The van der Waals surface area contributed by atoms with Gasteiger partial charge in [0.05, 0.1) is 18.2 Å². The Labute approximate surface area is 187 Å². The third-order valence-electron chi connectivity index (χ3n) is 8.25. The summed E-state index contributed by atoms with van der Waals surface area (Å²) in [6, 6.07) is 1.16. The zero-order valence-electron chi connectivity index (χ0n) is 19.1. The Hall–Kier alpha value is -0.990. The van der Waals surface area contributed by atoms with Crippen molar-refractivity contribution < 1.29 is 18.0 Å². The van der Waals surface area contributed by atoms with Gasteiger partial charge in [-0.05, 0) is 64.5 Å². The number of nitrogens with one attached hydrogen (secondary N) is 1. The van der Waals surface area contributed by atoms with E-state index in [4.69, 9.17) is 0 Å². The van der Waals surface area contributed by atoms with Crippen molar-refractivity contribution in [3.63, 3.8) is 0 Å². The number of nitrogens with zero attached hydrogens (tertiary/aromatic N) is 2. The summed E-state index contributed by atoms with van der Waals surface area (Å²) in [5.41, 5.74) is -1.21. The van der Waals surface area contributed by atoms with Crippen molar-refractivity contribution in [2.24, 2.45) is 5.92 Å². The molecule has 176 valence electrons. The second kappa shape index (κ2) is 9.10. The van der Waals surface area contributed by atoms with Gasteiger partial charge in [0, 0.05) is 18.5 Å². The maximum absolute atomic E-state index is 13.5. The second-order valence-electron chi connectivity index (χ2n) is 10.2. The molecule has 0 aromatic rings. The predicted octanol–water partition coefficient (Wildman–Crippen LogP) is 2.45. The third-order valence-corrected chi connectivity index (χ3v) is 9.42. The number of unbranched alkanes of at least 4 members (excludes halogenated alkanes) is 2. The molecule has 4 saturated heterocycles. The standard InChI is InChI=1S/C23H39N3O4S/c1-3-8-19-21-23(14-15-24-21,26(22(19)28)31(2,29)30)20(27)11-5-4-6-16-25-17-9-7-10-18(25)13-12-17/h17-19,21,24H,3-16H2,1-2H3. The molecule has 0 radical (unpaired) electrons. The van der Waals surface area contributed by atoms with Crippen LogP contribution in [-0.2, 0) is 19.6 Å². The first kappa shape index (κ1) is 23.2. The number of ketones is 1. The quantitative estimate of drug-likeness (QED) is 0.511. The maximum atomic E-state index is 13.5. The van der Waals surface area contributed by atoms with Gasteiger partial charge < -0.3 is 5.32 Å². The summed E-state index contributed by atoms with van der Waals surface area (Å²) in [6.45, 7) is 3.68. The van der Waals surface area contributed by atoms with E-state index >= 15 is 0 Å². The first-order chi connectivity index (χ1) is 14.8. The van der Waals surface area contributed by atoms with Gasteiger partial charge in [-0.1, -0.05) is 26.2 Å². The lowest BCUT2D eigenvalue weighted by Crippen LogP contribution is -2.58. The van der Waals surface area contributed by atoms with Crippen molar-refractivity contribution in [3.8, 4) is 0 Å². The van der Waals surface area contributed by atoms with Gasteiger partial charge in [-0.15, -0.1) is 0 Å². The molecule has 4 heterocycles. The number of fused-ring (bicyclic) bond motifs is 3. The van der Waals surface area contributed by atoms with E-state index < -0.39 is 27.4 Å². The zero-order valence-corrected chi connectivity index (χ0v) is 20.0.